The van der Waals surface area contributed by atoms with Crippen LogP contribution in [-0.2, 0) is 0 Å². The van der Waals surface area contributed by atoms with E-state index in [0.717, 1.165) is 6.54 Å². The fourth-order valence-corrected chi connectivity index (χ4v) is 2.65. The van der Waals surface area contributed by atoms with Gasteiger partial charge >= 0.3 is 0 Å². The molecule has 1 N–H and O–H groups in total. The highest BCUT2D eigenvalue weighted by molar-refractivity contribution is 5.36. The van der Waals surface area contributed by atoms with E-state index in [1.54, 1.807) is 5.57 Å². The van der Waals surface area contributed by atoms with Crippen LogP contribution in [0.1, 0.15) is 55.3 Å². The molecule has 98 valence electrons. The van der Waals surface area contributed by atoms with Crippen molar-refractivity contribution in [3.05, 3.63) is 46.5 Å². The Bertz CT molecular complexity index is 431. The molecule has 0 amide bonds. The molecule has 0 aromatic heterocycles. The maximum absolute atomic E-state index is 3.71. The highest BCUT2D eigenvalue weighted by atomic mass is 14.9. The van der Waals surface area contributed by atoms with Crippen molar-refractivity contribution in [1.82, 2.24) is 5.32 Å². The molecule has 1 aromatic carbocycles. The summed E-state index contributed by atoms with van der Waals surface area (Å²) in [5, 5.41) is 3.71. The summed E-state index contributed by atoms with van der Waals surface area (Å²) in [6.07, 6.45) is 7.46. The molecular formula is C17H25N. The normalized spacial score (nSPS) is 16.7. The molecule has 1 aliphatic rings. The van der Waals surface area contributed by atoms with E-state index in [4.69, 9.17) is 0 Å². The van der Waals surface area contributed by atoms with E-state index in [2.05, 4.69) is 50.4 Å². The lowest BCUT2D eigenvalue weighted by molar-refractivity contribution is 0.578. The molecule has 0 radical (unpaired) electrons. The molecule has 2 rings (SSSR count). The number of hydrogen-bond acceptors (Lipinski definition) is 1. The molecule has 0 spiro atoms. The van der Waals surface area contributed by atoms with Crippen molar-refractivity contribution in [2.45, 2.75) is 52.5 Å². The number of rotatable bonds is 5. The number of allylic oxidation sites excluding steroid dienone is 1. The Balaban J connectivity index is 2.23. The van der Waals surface area contributed by atoms with Crippen molar-refractivity contribution in [3.63, 3.8) is 0 Å². The monoisotopic (exact) mass is 243 g/mol. The average molecular weight is 243 g/mol. The van der Waals surface area contributed by atoms with Crippen molar-refractivity contribution in [3.8, 4) is 0 Å². The number of hydrogen-bond donors (Lipinski definition) is 1. The van der Waals surface area contributed by atoms with Crippen LogP contribution in [0, 0.1) is 13.8 Å². The van der Waals surface area contributed by atoms with Gasteiger partial charge in [-0.1, -0.05) is 36.8 Å². The van der Waals surface area contributed by atoms with E-state index in [1.165, 1.54) is 42.4 Å². The highest BCUT2D eigenvalue weighted by Crippen LogP contribution is 2.31. The topological polar surface area (TPSA) is 12.0 Å². The van der Waals surface area contributed by atoms with Crippen molar-refractivity contribution in [2.75, 3.05) is 6.54 Å². The Morgan fingerprint density at radius 2 is 2.06 bits per heavy atom. The highest BCUT2D eigenvalue weighted by Gasteiger charge is 2.18. The summed E-state index contributed by atoms with van der Waals surface area (Å²) in [4.78, 5) is 0. The quantitative estimate of drug-likeness (QED) is 0.753. The SMILES string of the molecule is CCCNC(C1=CCCC1)c1ccc(C)c(C)c1. The lowest BCUT2D eigenvalue weighted by Gasteiger charge is -2.21. The molecule has 0 saturated heterocycles. The minimum atomic E-state index is 0.437. The Labute approximate surface area is 111 Å². The van der Waals surface area contributed by atoms with Gasteiger partial charge in [-0.2, -0.15) is 0 Å². The first-order valence-electron chi connectivity index (χ1n) is 7.22. The summed E-state index contributed by atoms with van der Waals surface area (Å²) in [6, 6.07) is 7.32. The third-order valence-corrected chi connectivity index (χ3v) is 3.91. The van der Waals surface area contributed by atoms with Gasteiger partial charge in [0.15, 0.2) is 0 Å². The summed E-state index contributed by atoms with van der Waals surface area (Å²) in [7, 11) is 0. The minimum Gasteiger partial charge on any atom is -0.307 e. The molecule has 1 aliphatic carbocycles. The Morgan fingerprint density at radius 1 is 1.22 bits per heavy atom. The zero-order valence-corrected chi connectivity index (χ0v) is 11.9. The molecule has 0 bridgehead atoms. The third kappa shape index (κ3) is 3.02. The smallest absolute Gasteiger partial charge is 0.0536 e. The average Bonchev–Trinajstić information content (AvgIpc) is 2.88. The zero-order valence-electron chi connectivity index (χ0n) is 11.9. The minimum absolute atomic E-state index is 0.437. The first-order chi connectivity index (χ1) is 8.72. The van der Waals surface area contributed by atoms with Gasteiger partial charge in [-0.15, -0.1) is 0 Å². The van der Waals surface area contributed by atoms with E-state index in [-0.39, 0.29) is 0 Å². The van der Waals surface area contributed by atoms with Crippen LogP contribution in [0.15, 0.2) is 29.8 Å². The van der Waals surface area contributed by atoms with Crippen molar-refractivity contribution in [1.29, 1.82) is 0 Å². The fourth-order valence-electron chi connectivity index (χ4n) is 2.65. The molecule has 0 heterocycles. The van der Waals surface area contributed by atoms with Crippen LogP contribution >= 0.6 is 0 Å². The molecule has 1 unspecified atom stereocenters. The lowest BCUT2D eigenvalue weighted by Crippen LogP contribution is -2.23. The van der Waals surface area contributed by atoms with Crippen LogP contribution in [0.3, 0.4) is 0 Å². The third-order valence-electron chi connectivity index (χ3n) is 3.91. The van der Waals surface area contributed by atoms with Gasteiger partial charge in [0.1, 0.15) is 0 Å². The molecule has 0 saturated carbocycles. The van der Waals surface area contributed by atoms with Gasteiger partial charge < -0.3 is 5.32 Å². The van der Waals surface area contributed by atoms with Crippen LogP contribution in [0.2, 0.25) is 0 Å². The molecule has 0 fully saturated rings. The van der Waals surface area contributed by atoms with E-state index >= 15 is 0 Å². The van der Waals surface area contributed by atoms with Crippen LogP contribution in [-0.4, -0.2) is 6.54 Å². The predicted octanol–water partition coefficient (Wildman–Crippen LogP) is 4.45. The van der Waals surface area contributed by atoms with Crippen LogP contribution in [0.5, 0.6) is 0 Å². The molecule has 1 heteroatoms. The maximum Gasteiger partial charge on any atom is 0.0536 e. The summed E-state index contributed by atoms with van der Waals surface area (Å²) >= 11 is 0. The summed E-state index contributed by atoms with van der Waals surface area (Å²) in [6.45, 7) is 7.71. The summed E-state index contributed by atoms with van der Waals surface area (Å²) in [5.41, 5.74) is 5.80. The number of nitrogens with one attached hydrogen (secondary N) is 1. The molecule has 1 nitrogen and oxygen atoms in total. The second-order valence-electron chi connectivity index (χ2n) is 5.40. The number of aryl methyl sites for hydroxylation is 2. The van der Waals surface area contributed by atoms with Gasteiger partial charge in [0.25, 0.3) is 0 Å². The van der Waals surface area contributed by atoms with E-state index in [9.17, 15) is 0 Å². The molecular weight excluding hydrogens is 218 g/mol. The largest absolute Gasteiger partial charge is 0.307 e. The Morgan fingerprint density at radius 3 is 2.67 bits per heavy atom. The molecule has 1 atom stereocenters. The van der Waals surface area contributed by atoms with Gasteiger partial charge in [-0.3, -0.25) is 0 Å². The fraction of sp³-hybridized carbons (Fsp3) is 0.529. The lowest BCUT2D eigenvalue weighted by atomic mass is 9.95. The standard InChI is InChI=1S/C17H25N/c1-4-11-18-17(15-7-5-6-8-15)16-10-9-13(2)14(3)12-16/h7,9-10,12,17-18H,4-6,8,11H2,1-3H3. The maximum atomic E-state index is 3.71. The number of benzene rings is 1. The second kappa shape index (κ2) is 6.19. The van der Waals surface area contributed by atoms with Gasteiger partial charge in [-0.25, -0.2) is 0 Å². The van der Waals surface area contributed by atoms with E-state index in [1.807, 2.05) is 0 Å². The van der Waals surface area contributed by atoms with Crippen LogP contribution in [0.25, 0.3) is 0 Å². The van der Waals surface area contributed by atoms with Gasteiger partial charge in [0, 0.05) is 0 Å². The summed E-state index contributed by atoms with van der Waals surface area (Å²) < 4.78 is 0. The first-order valence-corrected chi connectivity index (χ1v) is 7.22. The van der Waals surface area contributed by atoms with Crippen molar-refractivity contribution < 1.29 is 0 Å². The van der Waals surface area contributed by atoms with Gasteiger partial charge in [0.2, 0.25) is 0 Å². The van der Waals surface area contributed by atoms with Crippen LogP contribution in [0.4, 0.5) is 0 Å². The van der Waals surface area contributed by atoms with Gasteiger partial charge in [-0.05, 0) is 62.8 Å². The summed E-state index contributed by atoms with van der Waals surface area (Å²) in [5.74, 6) is 0. The molecule has 18 heavy (non-hydrogen) atoms. The molecule has 0 aliphatic heterocycles. The molecule has 1 aromatic rings. The first kappa shape index (κ1) is 13.4. The predicted molar refractivity (Wildman–Crippen MR) is 78.9 cm³/mol. The van der Waals surface area contributed by atoms with Crippen LogP contribution < -0.4 is 5.32 Å². The zero-order chi connectivity index (χ0) is 13.0. The Kier molecular flexibility index (Phi) is 4.60. The second-order valence-corrected chi connectivity index (χ2v) is 5.40. The van der Waals surface area contributed by atoms with Gasteiger partial charge in [0.05, 0.1) is 6.04 Å². The van der Waals surface area contributed by atoms with E-state index in [0.29, 0.717) is 6.04 Å². The van der Waals surface area contributed by atoms with E-state index < -0.39 is 0 Å². The Hall–Kier alpha value is -1.08. The van der Waals surface area contributed by atoms with Crippen molar-refractivity contribution >= 4 is 0 Å². The van der Waals surface area contributed by atoms with Crippen molar-refractivity contribution in [2.24, 2.45) is 0 Å².